The van der Waals surface area contributed by atoms with Gasteiger partial charge in [0.1, 0.15) is 17.6 Å². The number of nitriles is 1. The second-order valence-electron chi connectivity index (χ2n) is 9.15. The van der Waals surface area contributed by atoms with Gasteiger partial charge in [-0.05, 0) is 41.1 Å². The summed E-state index contributed by atoms with van der Waals surface area (Å²) >= 11 is 3.02. The number of rotatable bonds is 6. The quantitative estimate of drug-likeness (QED) is 0.503. The Hall–Kier alpha value is -3.06. The lowest BCUT2D eigenvalue weighted by Gasteiger charge is -2.30. The number of carbonyl (C=O) groups is 1. The monoisotopic (exact) mass is 521 g/mol. The zero-order chi connectivity index (χ0) is 25.2. The summed E-state index contributed by atoms with van der Waals surface area (Å²) in [7, 11) is 5.43. The number of hydrogen-bond donors (Lipinski definition) is 1. The highest BCUT2D eigenvalue weighted by atomic mass is 32.2. The third kappa shape index (κ3) is 4.69. The number of hydrogen-bond acceptors (Lipinski definition) is 7. The van der Waals surface area contributed by atoms with Crippen LogP contribution in [0.5, 0.6) is 11.5 Å². The van der Waals surface area contributed by atoms with Crippen LogP contribution in [0.1, 0.15) is 27.9 Å². The lowest BCUT2D eigenvalue weighted by atomic mass is 9.96. The molecular formula is C27H29N4O3S2+. The molecule has 186 valence electrons. The van der Waals surface area contributed by atoms with Crippen LogP contribution in [0.3, 0.4) is 0 Å². The van der Waals surface area contributed by atoms with Crippen LogP contribution in [0.2, 0.25) is 0 Å². The molecule has 0 aliphatic carbocycles. The summed E-state index contributed by atoms with van der Waals surface area (Å²) in [5.41, 5.74) is 6.08. The van der Waals surface area contributed by atoms with Gasteiger partial charge in [-0.25, -0.2) is 4.98 Å². The average Bonchev–Trinajstić information content (AvgIpc) is 3.44. The van der Waals surface area contributed by atoms with Crippen LogP contribution in [-0.4, -0.2) is 55.9 Å². The number of quaternary nitrogens is 1. The minimum absolute atomic E-state index is 0.0469. The van der Waals surface area contributed by atoms with E-state index < -0.39 is 0 Å². The van der Waals surface area contributed by atoms with E-state index in [0.717, 1.165) is 47.6 Å². The van der Waals surface area contributed by atoms with Crippen LogP contribution in [-0.2, 0) is 30.7 Å². The van der Waals surface area contributed by atoms with Crippen LogP contribution >= 0.6 is 23.1 Å². The van der Waals surface area contributed by atoms with Gasteiger partial charge in [-0.15, -0.1) is 11.3 Å². The maximum absolute atomic E-state index is 13.2. The largest absolute Gasteiger partial charge is 0.493 e. The van der Waals surface area contributed by atoms with Crippen molar-refractivity contribution in [3.05, 3.63) is 57.6 Å². The molecule has 1 N–H and O–H groups in total. The van der Waals surface area contributed by atoms with Gasteiger partial charge in [0, 0.05) is 35.5 Å². The molecule has 2 aromatic heterocycles. The standard InChI is InChI=1S/C27H28N4O3S2/c1-30-8-7-21-20(15-30)26(24-5-4-10-35-24)19(13-28)27(29-21)36-16-25(32)31-9-6-17-11-22(33-2)23(34-3)12-18(17)14-31/h4-5,10-12H,6-9,14-16H2,1-3H3/p+1. The Morgan fingerprint density at radius 1 is 1.25 bits per heavy atom. The maximum atomic E-state index is 13.2. The number of nitrogens with zero attached hydrogens (tertiary/aromatic N) is 3. The molecule has 2 aliphatic rings. The predicted molar refractivity (Wildman–Crippen MR) is 141 cm³/mol. The van der Waals surface area contributed by atoms with Crippen LogP contribution in [0.25, 0.3) is 10.4 Å². The zero-order valence-electron chi connectivity index (χ0n) is 20.7. The number of carbonyl (C=O) groups excluding carboxylic acids is 1. The molecule has 1 amide bonds. The smallest absolute Gasteiger partial charge is 0.233 e. The number of benzene rings is 1. The van der Waals surface area contributed by atoms with Crippen molar-refractivity contribution in [2.75, 3.05) is 40.1 Å². The van der Waals surface area contributed by atoms with Crippen molar-refractivity contribution in [2.24, 2.45) is 0 Å². The van der Waals surface area contributed by atoms with Crippen LogP contribution in [0.4, 0.5) is 0 Å². The maximum Gasteiger partial charge on any atom is 0.233 e. The molecule has 1 unspecified atom stereocenters. The Kier molecular flexibility index (Phi) is 7.19. The van der Waals surface area contributed by atoms with Crippen molar-refractivity contribution in [1.82, 2.24) is 9.88 Å². The van der Waals surface area contributed by atoms with E-state index in [9.17, 15) is 10.1 Å². The number of amides is 1. The number of methoxy groups -OCH3 is 2. The number of likely N-dealkylation sites (N-methyl/N-ethyl adjacent to an activating group) is 1. The molecule has 0 saturated heterocycles. The number of fused-ring (bicyclic) bond motifs is 2. The molecule has 4 heterocycles. The topological polar surface area (TPSA) is 79.9 Å². The van der Waals surface area contributed by atoms with Crippen molar-refractivity contribution in [3.63, 3.8) is 0 Å². The van der Waals surface area contributed by atoms with E-state index in [1.807, 2.05) is 28.5 Å². The number of thiophene rings is 1. The number of nitrogens with one attached hydrogen (secondary N) is 1. The molecule has 0 fully saturated rings. The van der Waals surface area contributed by atoms with Crippen LogP contribution < -0.4 is 14.4 Å². The SMILES string of the molecule is COc1cc2c(cc1OC)CN(C(=O)CSc1nc3c(c(-c4cccs4)c1C#N)C[NH+](C)CC3)CC2. The third-order valence-electron chi connectivity index (χ3n) is 6.90. The number of pyridine rings is 1. The van der Waals surface area contributed by atoms with Gasteiger partial charge in [-0.3, -0.25) is 4.79 Å². The van der Waals surface area contributed by atoms with Gasteiger partial charge in [-0.2, -0.15) is 5.26 Å². The Labute approximate surface area is 219 Å². The van der Waals surface area contributed by atoms with Crippen molar-refractivity contribution in [3.8, 4) is 28.0 Å². The van der Waals surface area contributed by atoms with Crippen LogP contribution in [0.15, 0.2) is 34.7 Å². The Balaban J connectivity index is 1.38. The molecule has 0 bridgehead atoms. The van der Waals surface area contributed by atoms with Gasteiger partial charge in [0.15, 0.2) is 11.5 Å². The lowest BCUT2D eigenvalue weighted by Crippen LogP contribution is -3.08. The van der Waals surface area contributed by atoms with Gasteiger partial charge >= 0.3 is 0 Å². The van der Waals surface area contributed by atoms with Gasteiger partial charge in [0.2, 0.25) is 5.91 Å². The molecule has 7 nitrogen and oxygen atoms in total. The first-order chi connectivity index (χ1) is 17.5. The van der Waals surface area contributed by atoms with Crippen molar-refractivity contribution in [1.29, 1.82) is 5.26 Å². The first kappa shape index (κ1) is 24.6. The molecule has 0 saturated carbocycles. The minimum atomic E-state index is 0.0469. The fourth-order valence-corrected chi connectivity index (χ4v) is 6.70. The third-order valence-corrected chi connectivity index (χ3v) is 8.75. The molecule has 3 aromatic rings. The predicted octanol–water partition coefficient (Wildman–Crippen LogP) is 2.95. The average molecular weight is 522 g/mol. The first-order valence-electron chi connectivity index (χ1n) is 12.0. The molecule has 0 spiro atoms. The number of thioether (sulfide) groups is 1. The highest BCUT2D eigenvalue weighted by molar-refractivity contribution is 8.00. The number of aromatic nitrogens is 1. The first-order valence-corrected chi connectivity index (χ1v) is 13.8. The van der Waals surface area contributed by atoms with Gasteiger partial charge in [0.05, 0.1) is 44.8 Å². The number of ether oxygens (including phenoxy) is 2. The molecular weight excluding hydrogens is 492 g/mol. The molecule has 36 heavy (non-hydrogen) atoms. The van der Waals surface area contributed by atoms with Crippen LogP contribution in [0, 0.1) is 11.3 Å². The summed E-state index contributed by atoms with van der Waals surface area (Å²) in [6, 6.07) is 10.5. The molecule has 9 heteroatoms. The fraction of sp³-hybridized carbons (Fsp3) is 0.370. The normalized spacial score (nSPS) is 16.6. The fourth-order valence-electron chi connectivity index (χ4n) is 4.99. The van der Waals surface area contributed by atoms with Crippen molar-refractivity contribution < 1.29 is 19.2 Å². The van der Waals surface area contributed by atoms with E-state index in [2.05, 4.69) is 19.2 Å². The van der Waals surface area contributed by atoms with E-state index in [0.29, 0.717) is 35.2 Å². The van der Waals surface area contributed by atoms with Gasteiger partial charge in [0.25, 0.3) is 0 Å². The van der Waals surface area contributed by atoms with E-state index in [1.165, 1.54) is 27.8 Å². The summed E-state index contributed by atoms with van der Waals surface area (Å²) in [6.45, 7) is 3.06. The zero-order valence-corrected chi connectivity index (χ0v) is 22.4. The van der Waals surface area contributed by atoms with Gasteiger partial charge in [-0.1, -0.05) is 17.8 Å². The molecule has 0 radical (unpaired) electrons. The van der Waals surface area contributed by atoms with E-state index in [-0.39, 0.29) is 11.7 Å². The summed E-state index contributed by atoms with van der Waals surface area (Å²) in [4.78, 5) is 22.5. The highest BCUT2D eigenvalue weighted by Gasteiger charge is 2.28. The summed E-state index contributed by atoms with van der Waals surface area (Å²) in [6.07, 6.45) is 1.64. The lowest BCUT2D eigenvalue weighted by molar-refractivity contribution is -0.895. The Bertz CT molecular complexity index is 1330. The summed E-state index contributed by atoms with van der Waals surface area (Å²) in [5.74, 6) is 1.68. The van der Waals surface area contributed by atoms with E-state index >= 15 is 0 Å². The van der Waals surface area contributed by atoms with Crippen molar-refractivity contribution >= 4 is 29.0 Å². The second kappa shape index (κ2) is 10.5. The summed E-state index contributed by atoms with van der Waals surface area (Å²) < 4.78 is 10.9. The molecule has 1 atom stereocenters. The second-order valence-corrected chi connectivity index (χ2v) is 11.1. The van der Waals surface area contributed by atoms with E-state index in [1.54, 1.807) is 25.6 Å². The molecule has 5 rings (SSSR count). The Morgan fingerprint density at radius 2 is 2.03 bits per heavy atom. The van der Waals surface area contributed by atoms with Gasteiger partial charge < -0.3 is 19.3 Å². The highest BCUT2D eigenvalue weighted by Crippen LogP contribution is 2.38. The van der Waals surface area contributed by atoms with Crippen molar-refractivity contribution in [2.45, 2.75) is 31.0 Å². The van der Waals surface area contributed by atoms with E-state index in [4.69, 9.17) is 14.5 Å². The molecule has 2 aliphatic heterocycles. The minimum Gasteiger partial charge on any atom is -0.493 e. The Morgan fingerprint density at radius 3 is 2.72 bits per heavy atom. The summed E-state index contributed by atoms with van der Waals surface area (Å²) in [5, 5.41) is 12.9. The molecule has 1 aromatic carbocycles.